The second-order valence-electron chi connectivity index (χ2n) is 5.46. The molecule has 2 N–H and O–H groups in total. The summed E-state index contributed by atoms with van der Waals surface area (Å²) in [5, 5.41) is 14.4. The third-order valence-corrected chi connectivity index (χ3v) is 4.60. The SMILES string of the molecule is CN[C@@H](C)/C=C/c1ccc(Oc2ccc3nc(C)sc3c2O)nc1. The molecule has 0 saturated heterocycles. The third-order valence-electron chi connectivity index (χ3n) is 3.61. The number of aromatic hydroxyl groups is 1. The van der Waals surface area contributed by atoms with Gasteiger partial charge in [0.1, 0.15) is 4.70 Å². The van der Waals surface area contributed by atoms with E-state index in [0.29, 0.717) is 17.7 Å². The standard InChI is InChI=1S/C18H19N3O2S/c1-11(19-3)4-5-13-6-9-16(20-10-13)23-15-8-7-14-18(17(15)22)24-12(2)21-14/h4-11,19,22H,1-3H3/b5-4+/t11-/m0/s1. The fourth-order valence-corrected chi connectivity index (χ4v) is 3.02. The van der Waals surface area contributed by atoms with E-state index < -0.39 is 0 Å². The van der Waals surface area contributed by atoms with Crippen LogP contribution in [0.15, 0.2) is 36.5 Å². The highest BCUT2D eigenvalue weighted by Crippen LogP contribution is 2.39. The van der Waals surface area contributed by atoms with Gasteiger partial charge in [-0.25, -0.2) is 9.97 Å². The average Bonchev–Trinajstić information content (AvgIpc) is 2.98. The average molecular weight is 341 g/mol. The maximum Gasteiger partial charge on any atom is 0.219 e. The van der Waals surface area contributed by atoms with Crippen molar-refractivity contribution in [2.45, 2.75) is 19.9 Å². The predicted octanol–water partition coefficient (Wildman–Crippen LogP) is 4.12. The summed E-state index contributed by atoms with van der Waals surface area (Å²) >= 11 is 1.44. The van der Waals surface area contributed by atoms with Gasteiger partial charge in [-0.15, -0.1) is 11.3 Å². The summed E-state index contributed by atoms with van der Waals surface area (Å²) in [5.41, 5.74) is 1.76. The van der Waals surface area contributed by atoms with Crippen LogP contribution < -0.4 is 10.1 Å². The van der Waals surface area contributed by atoms with Gasteiger partial charge in [-0.2, -0.15) is 0 Å². The van der Waals surface area contributed by atoms with Crippen molar-refractivity contribution in [3.63, 3.8) is 0 Å². The number of rotatable bonds is 5. The van der Waals surface area contributed by atoms with Crippen molar-refractivity contribution in [2.24, 2.45) is 0 Å². The number of aromatic nitrogens is 2. The van der Waals surface area contributed by atoms with Crippen molar-refractivity contribution >= 4 is 27.6 Å². The highest BCUT2D eigenvalue weighted by Gasteiger charge is 2.12. The van der Waals surface area contributed by atoms with Gasteiger partial charge < -0.3 is 15.2 Å². The number of aryl methyl sites for hydroxylation is 1. The Hall–Kier alpha value is -2.44. The first-order chi connectivity index (χ1) is 11.6. The van der Waals surface area contributed by atoms with Crippen LogP contribution in [0, 0.1) is 6.92 Å². The Morgan fingerprint density at radius 1 is 1.29 bits per heavy atom. The second kappa shape index (κ2) is 6.98. The molecule has 2 aromatic heterocycles. The van der Waals surface area contributed by atoms with Gasteiger partial charge in [0.05, 0.1) is 10.5 Å². The normalized spacial score (nSPS) is 12.8. The molecule has 0 radical (unpaired) electrons. The van der Waals surface area contributed by atoms with Crippen LogP contribution in [0.2, 0.25) is 0 Å². The Morgan fingerprint density at radius 2 is 2.12 bits per heavy atom. The van der Waals surface area contributed by atoms with Crippen molar-refractivity contribution in [3.8, 4) is 17.4 Å². The molecule has 24 heavy (non-hydrogen) atoms. The Kier molecular flexibility index (Phi) is 4.78. The molecule has 1 atom stereocenters. The molecule has 1 aromatic carbocycles. The predicted molar refractivity (Wildman–Crippen MR) is 97.9 cm³/mol. The zero-order chi connectivity index (χ0) is 17.1. The lowest BCUT2D eigenvalue weighted by atomic mass is 10.2. The number of fused-ring (bicyclic) bond motifs is 1. The molecule has 0 aliphatic rings. The molecule has 0 amide bonds. The van der Waals surface area contributed by atoms with E-state index in [1.807, 2.05) is 32.2 Å². The van der Waals surface area contributed by atoms with E-state index in [9.17, 15) is 5.11 Å². The number of nitrogens with one attached hydrogen (secondary N) is 1. The topological polar surface area (TPSA) is 67.3 Å². The summed E-state index contributed by atoms with van der Waals surface area (Å²) in [4.78, 5) is 8.64. The van der Waals surface area contributed by atoms with Gasteiger partial charge in [-0.1, -0.05) is 12.2 Å². The Balaban J connectivity index is 1.79. The van der Waals surface area contributed by atoms with Gasteiger partial charge in [0, 0.05) is 18.3 Å². The smallest absolute Gasteiger partial charge is 0.219 e. The molecule has 0 fully saturated rings. The fourth-order valence-electron chi connectivity index (χ4n) is 2.17. The molecule has 124 valence electrons. The van der Waals surface area contributed by atoms with E-state index in [0.717, 1.165) is 20.8 Å². The van der Waals surface area contributed by atoms with Gasteiger partial charge in [0.25, 0.3) is 0 Å². The van der Waals surface area contributed by atoms with Crippen molar-refractivity contribution < 1.29 is 9.84 Å². The van der Waals surface area contributed by atoms with E-state index in [1.165, 1.54) is 11.3 Å². The van der Waals surface area contributed by atoms with Gasteiger partial charge in [-0.05, 0) is 44.7 Å². The molecule has 0 unspecified atom stereocenters. The second-order valence-corrected chi connectivity index (χ2v) is 6.66. The van der Waals surface area contributed by atoms with E-state index in [1.54, 1.807) is 18.3 Å². The zero-order valence-electron chi connectivity index (χ0n) is 13.8. The molecule has 2 heterocycles. The number of nitrogens with zero attached hydrogens (tertiary/aromatic N) is 2. The minimum absolute atomic E-state index is 0.103. The van der Waals surface area contributed by atoms with Crippen molar-refractivity contribution in [2.75, 3.05) is 7.05 Å². The van der Waals surface area contributed by atoms with E-state index in [4.69, 9.17) is 4.74 Å². The quantitative estimate of drug-likeness (QED) is 0.731. The Bertz CT molecular complexity index is 872. The minimum Gasteiger partial charge on any atom is -0.503 e. The fraction of sp³-hybridized carbons (Fsp3) is 0.222. The number of pyridine rings is 1. The number of thiazole rings is 1. The molecule has 0 bridgehead atoms. The Labute approximate surface area is 144 Å². The monoisotopic (exact) mass is 341 g/mol. The largest absolute Gasteiger partial charge is 0.503 e. The minimum atomic E-state index is 0.103. The third kappa shape index (κ3) is 3.55. The van der Waals surface area contributed by atoms with Crippen LogP contribution in [0.1, 0.15) is 17.5 Å². The lowest BCUT2D eigenvalue weighted by Crippen LogP contribution is -2.17. The summed E-state index contributed by atoms with van der Waals surface area (Å²) in [6.45, 7) is 3.98. The number of hydrogen-bond acceptors (Lipinski definition) is 6. The molecule has 0 spiro atoms. The number of phenols is 1. The first kappa shape index (κ1) is 16.4. The molecule has 3 rings (SSSR count). The zero-order valence-corrected chi connectivity index (χ0v) is 14.6. The first-order valence-corrected chi connectivity index (χ1v) is 8.47. The molecule has 0 aliphatic heterocycles. The summed E-state index contributed by atoms with van der Waals surface area (Å²) in [5.74, 6) is 0.919. The molecule has 3 aromatic rings. The summed E-state index contributed by atoms with van der Waals surface area (Å²) in [6.07, 6.45) is 5.80. The lowest BCUT2D eigenvalue weighted by molar-refractivity contribution is 0.407. The van der Waals surface area contributed by atoms with Crippen LogP contribution in [0.3, 0.4) is 0 Å². The summed E-state index contributed by atoms with van der Waals surface area (Å²) in [7, 11) is 1.91. The van der Waals surface area contributed by atoms with Crippen LogP contribution in [-0.2, 0) is 0 Å². The van der Waals surface area contributed by atoms with Gasteiger partial charge >= 0.3 is 0 Å². The van der Waals surface area contributed by atoms with Crippen LogP contribution in [0.5, 0.6) is 17.4 Å². The Morgan fingerprint density at radius 3 is 2.83 bits per heavy atom. The maximum absolute atomic E-state index is 10.4. The van der Waals surface area contributed by atoms with Crippen molar-refractivity contribution in [1.82, 2.24) is 15.3 Å². The molecular formula is C18H19N3O2S. The van der Waals surface area contributed by atoms with E-state index in [2.05, 4.69) is 28.3 Å². The van der Waals surface area contributed by atoms with Crippen molar-refractivity contribution in [1.29, 1.82) is 0 Å². The van der Waals surface area contributed by atoms with Crippen LogP contribution in [0.4, 0.5) is 0 Å². The summed E-state index contributed by atoms with van der Waals surface area (Å²) in [6, 6.07) is 7.55. The first-order valence-electron chi connectivity index (χ1n) is 7.65. The number of benzene rings is 1. The molecular weight excluding hydrogens is 322 g/mol. The maximum atomic E-state index is 10.4. The van der Waals surface area contributed by atoms with Crippen LogP contribution >= 0.6 is 11.3 Å². The van der Waals surface area contributed by atoms with Crippen LogP contribution in [0.25, 0.3) is 16.3 Å². The lowest BCUT2D eigenvalue weighted by Gasteiger charge is -2.07. The molecule has 6 heteroatoms. The highest BCUT2D eigenvalue weighted by molar-refractivity contribution is 7.18. The molecule has 5 nitrogen and oxygen atoms in total. The van der Waals surface area contributed by atoms with E-state index >= 15 is 0 Å². The summed E-state index contributed by atoms with van der Waals surface area (Å²) < 4.78 is 6.44. The van der Waals surface area contributed by atoms with E-state index in [-0.39, 0.29) is 5.75 Å². The number of likely N-dealkylation sites (N-methyl/N-ethyl adjacent to an activating group) is 1. The van der Waals surface area contributed by atoms with Crippen LogP contribution in [-0.4, -0.2) is 28.2 Å². The molecule has 0 aliphatic carbocycles. The van der Waals surface area contributed by atoms with Gasteiger partial charge in [-0.3, -0.25) is 0 Å². The highest BCUT2D eigenvalue weighted by atomic mass is 32.1. The molecule has 0 saturated carbocycles. The number of phenolic OH excluding ortho intramolecular Hbond substituents is 1. The number of ether oxygens (including phenoxy) is 1. The van der Waals surface area contributed by atoms with Gasteiger partial charge in [0.15, 0.2) is 11.5 Å². The van der Waals surface area contributed by atoms with Crippen molar-refractivity contribution in [3.05, 3.63) is 47.1 Å². The number of hydrogen-bond donors (Lipinski definition) is 2. The van der Waals surface area contributed by atoms with Gasteiger partial charge in [0.2, 0.25) is 5.88 Å².